The minimum absolute atomic E-state index is 0.115. The largest absolute Gasteiger partial charge is 0.379 e. The summed E-state index contributed by atoms with van der Waals surface area (Å²) in [6, 6.07) is 6.78. The summed E-state index contributed by atoms with van der Waals surface area (Å²) in [7, 11) is -3.46. The minimum atomic E-state index is -3.46. The number of hydrogen-bond acceptors (Lipinski definition) is 4. The zero-order chi connectivity index (χ0) is 17.7. The summed E-state index contributed by atoms with van der Waals surface area (Å²) in [4.78, 5) is 12.5. The first kappa shape index (κ1) is 18.4. The van der Waals surface area contributed by atoms with Crippen LogP contribution in [-0.2, 0) is 26.1 Å². The molecule has 1 aromatic carbocycles. The Bertz CT molecular complexity index is 676. The van der Waals surface area contributed by atoms with Gasteiger partial charge in [0.2, 0.25) is 15.9 Å². The van der Waals surface area contributed by atoms with E-state index in [0.29, 0.717) is 32.8 Å². The van der Waals surface area contributed by atoms with Crippen LogP contribution in [0.1, 0.15) is 37.7 Å². The Hall–Kier alpha value is -1.44. The van der Waals surface area contributed by atoms with Gasteiger partial charge in [0.15, 0.2) is 0 Å². The summed E-state index contributed by atoms with van der Waals surface area (Å²) >= 11 is 0. The molecule has 1 N–H and O–H groups in total. The third-order valence-corrected chi connectivity index (χ3v) is 6.89. The average Bonchev–Trinajstić information content (AvgIpc) is 2.68. The first-order valence-electron chi connectivity index (χ1n) is 9.02. The van der Waals surface area contributed by atoms with Gasteiger partial charge >= 0.3 is 0 Å². The third kappa shape index (κ3) is 4.59. The zero-order valence-corrected chi connectivity index (χ0v) is 15.3. The van der Waals surface area contributed by atoms with Crippen LogP contribution in [0.3, 0.4) is 0 Å². The first-order chi connectivity index (χ1) is 12.1. The van der Waals surface area contributed by atoms with E-state index in [9.17, 15) is 13.2 Å². The first-order valence-corrected chi connectivity index (χ1v) is 10.5. The second kappa shape index (κ2) is 8.29. The fourth-order valence-electron chi connectivity index (χ4n) is 3.41. The van der Waals surface area contributed by atoms with Crippen molar-refractivity contribution < 1.29 is 17.9 Å². The number of benzene rings is 1. The highest BCUT2D eigenvalue weighted by Crippen LogP contribution is 2.24. The van der Waals surface area contributed by atoms with Gasteiger partial charge in [0.1, 0.15) is 0 Å². The maximum atomic E-state index is 12.6. The molecule has 1 aliphatic carbocycles. The molecule has 2 fully saturated rings. The predicted octanol–water partition coefficient (Wildman–Crippen LogP) is 1.90. The van der Waals surface area contributed by atoms with Crippen molar-refractivity contribution in [3.05, 3.63) is 29.8 Å². The molecule has 138 valence electrons. The van der Waals surface area contributed by atoms with Crippen LogP contribution in [0.25, 0.3) is 0 Å². The number of hydrogen-bond donors (Lipinski definition) is 1. The van der Waals surface area contributed by atoms with Crippen LogP contribution in [0.5, 0.6) is 0 Å². The number of carbonyl (C=O) groups excluding carboxylic acids is 1. The molecule has 3 rings (SSSR count). The highest BCUT2D eigenvalue weighted by atomic mass is 32.2. The smallest absolute Gasteiger partial charge is 0.243 e. The van der Waals surface area contributed by atoms with Crippen molar-refractivity contribution in [2.24, 2.45) is 5.92 Å². The van der Waals surface area contributed by atoms with Crippen LogP contribution >= 0.6 is 0 Å². The minimum Gasteiger partial charge on any atom is -0.379 e. The van der Waals surface area contributed by atoms with Crippen molar-refractivity contribution in [1.29, 1.82) is 0 Å². The SMILES string of the molecule is O=C(NCc1ccc(S(=O)(=O)N2CCOCC2)cc1)C1CCCCC1. The van der Waals surface area contributed by atoms with E-state index >= 15 is 0 Å². The van der Waals surface area contributed by atoms with Crippen LogP contribution in [0.15, 0.2) is 29.2 Å². The second-order valence-corrected chi connectivity index (χ2v) is 8.65. The molecule has 1 heterocycles. The second-order valence-electron chi connectivity index (χ2n) is 6.71. The lowest BCUT2D eigenvalue weighted by Gasteiger charge is -2.26. The van der Waals surface area contributed by atoms with Crippen molar-refractivity contribution in [2.75, 3.05) is 26.3 Å². The summed E-state index contributed by atoms with van der Waals surface area (Å²) in [6.07, 6.45) is 5.44. The lowest BCUT2D eigenvalue weighted by atomic mass is 9.88. The standard InChI is InChI=1S/C18H26N2O4S/c21-18(16-4-2-1-3-5-16)19-14-15-6-8-17(9-7-15)25(22,23)20-10-12-24-13-11-20/h6-9,16H,1-5,10-14H2,(H,19,21). The van der Waals surface area contributed by atoms with Gasteiger partial charge in [0.25, 0.3) is 0 Å². The van der Waals surface area contributed by atoms with Crippen LogP contribution in [-0.4, -0.2) is 44.9 Å². The van der Waals surface area contributed by atoms with Gasteiger partial charge in [-0.1, -0.05) is 31.4 Å². The third-order valence-electron chi connectivity index (χ3n) is 4.97. The summed E-state index contributed by atoms with van der Waals surface area (Å²) in [5, 5.41) is 2.97. The lowest BCUT2D eigenvalue weighted by molar-refractivity contribution is -0.126. The summed E-state index contributed by atoms with van der Waals surface area (Å²) < 4.78 is 31.8. The van der Waals surface area contributed by atoms with Gasteiger partial charge in [-0.25, -0.2) is 8.42 Å². The summed E-state index contributed by atoms with van der Waals surface area (Å²) in [5.74, 6) is 0.249. The van der Waals surface area contributed by atoms with Gasteiger partial charge in [0.05, 0.1) is 18.1 Å². The number of ether oxygens (including phenoxy) is 1. The van der Waals surface area contributed by atoms with Crippen LogP contribution in [0.4, 0.5) is 0 Å². The number of nitrogens with one attached hydrogen (secondary N) is 1. The van der Waals surface area contributed by atoms with Gasteiger partial charge in [0, 0.05) is 25.6 Å². The fourth-order valence-corrected chi connectivity index (χ4v) is 4.82. The monoisotopic (exact) mass is 366 g/mol. The molecule has 0 bridgehead atoms. The number of amides is 1. The Balaban J connectivity index is 1.57. The molecule has 1 aliphatic heterocycles. The molecule has 1 amide bonds. The van der Waals surface area contributed by atoms with Gasteiger partial charge in [-0.15, -0.1) is 0 Å². The van der Waals surface area contributed by atoms with Crippen LogP contribution < -0.4 is 5.32 Å². The van der Waals surface area contributed by atoms with Gasteiger partial charge < -0.3 is 10.1 Å². The van der Waals surface area contributed by atoms with E-state index in [4.69, 9.17) is 4.74 Å². The van der Waals surface area contributed by atoms with E-state index in [2.05, 4.69) is 5.32 Å². The van der Waals surface area contributed by atoms with Crippen LogP contribution in [0.2, 0.25) is 0 Å². The van der Waals surface area contributed by atoms with E-state index in [0.717, 1.165) is 31.2 Å². The Labute approximate surface area is 149 Å². The van der Waals surface area contributed by atoms with E-state index in [-0.39, 0.29) is 16.7 Å². The summed E-state index contributed by atoms with van der Waals surface area (Å²) in [5.41, 5.74) is 0.907. The van der Waals surface area contributed by atoms with Crippen molar-refractivity contribution in [3.8, 4) is 0 Å². The van der Waals surface area contributed by atoms with Gasteiger partial charge in [-0.05, 0) is 30.5 Å². The predicted molar refractivity (Wildman–Crippen MR) is 94.4 cm³/mol. The molecule has 1 aromatic rings. The molecule has 7 heteroatoms. The molecule has 0 aromatic heterocycles. The van der Waals surface area contributed by atoms with Crippen molar-refractivity contribution in [3.63, 3.8) is 0 Å². The molecule has 0 spiro atoms. The number of carbonyl (C=O) groups is 1. The molecule has 0 radical (unpaired) electrons. The number of nitrogens with zero attached hydrogens (tertiary/aromatic N) is 1. The number of rotatable bonds is 5. The molecular formula is C18H26N2O4S. The highest BCUT2D eigenvalue weighted by Gasteiger charge is 2.26. The Morgan fingerprint density at radius 1 is 1.08 bits per heavy atom. The summed E-state index contributed by atoms with van der Waals surface area (Å²) in [6.45, 7) is 2.09. The van der Waals surface area contributed by atoms with Gasteiger partial charge in [-0.2, -0.15) is 4.31 Å². The molecule has 25 heavy (non-hydrogen) atoms. The molecular weight excluding hydrogens is 340 g/mol. The van der Waals surface area contributed by atoms with Crippen molar-refractivity contribution >= 4 is 15.9 Å². The fraction of sp³-hybridized carbons (Fsp3) is 0.611. The molecule has 0 unspecified atom stereocenters. The van der Waals surface area contributed by atoms with E-state index in [1.165, 1.54) is 10.7 Å². The topological polar surface area (TPSA) is 75.7 Å². The Morgan fingerprint density at radius 3 is 2.36 bits per heavy atom. The van der Waals surface area contributed by atoms with Crippen molar-refractivity contribution in [2.45, 2.75) is 43.5 Å². The van der Waals surface area contributed by atoms with E-state index in [1.807, 2.05) is 0 Å². The quantitative estimate of drug-likeness (QED) is 0.864. The highest BCUT2D eigenvalue weighted by molar-refractivity contribution is 7.89. The molecule has 6 nitrogen and oxygen atoms in total. The lowest BCUT2D eigenvalue weighted by Crippen LogP contribution is -2.40. The Kier molecular flexibility index (Phi) is 6.09. The molecule has 2 aliphatic rings. The molecule has 1 saturated carbocycles. The normalized spacial score (nSPS) is 20.3. The molecule has 1 saturated heterocycles. The number of morpholine rings is 1. The van der Waals surface area contributed by atoms with Crippen molar-refractivity contribution in [1.82, 2.24) is 9.62 Å². The maximum absolute atomic E-state index is 12.6. The molecule has 0 atom stereocenters. The van der Waals surface area contributed by atoms with Crippen LogP contribution in [0, 0.1) is 5.92 Å². The Morgan fingerprint density at radius 2 is 1.72 bits per heavy atom. The zero-order valence-electron chi connectivity index (χ0n) is 14.4. The average molecular weight is 366 g/mol. The maximum Gasteiger partial charge on any atom is 0.243 e. The van der Waals surface area contributed by atoms with E-state index < -0.39 is 10.0 Å². The van der Waals surface area contributed by atoms with Gasteiger partial charge in [-0.3, -0.25) is 4.79 Å². The number of sulfonamides is 1. The van der Waals surface area contributed by atoms with E-state index in [1.54, 1.807) is 24.3 Å².